The maximum absolute atomic E-state index is 13.2. The van der Waals surface area contributed by atoms with Crippen LogP contribution in [0.5, 0.6) is 5.88 Å². The topological polar surface area (TPSA) is 90.8 Å². The number of rotatable bonds is 5. The van der Waals surface area contributed by atoms with Crippen molar-refractivity contribution in [1.82, 2.24) is 15.3 Å². The number of piperazine rings is 1. The summed E-state index contributed by atoms with van der Waals surface area (Å²) in [5.41, 5.74) is 1.07. The van der Waals surface area contributed by atoms with Crippen LogP contribution in [-0.4, -0.2) is 65.4 Å². The molecule has 2 N–H and O–H groups in total. The fraction of sp³-hybridized carbons (Fsp3) is 0.593. The van der Waals surface area contributed by atoms with Gasteiger partial charge in [-0.25, -0.2) is 9.97 Å². The molecule has 4 saturated carbocycles. The SMILES string of the molecule is COc1ccc(N2CCN(c3cccc(C(=O)N[C@H]4C5CC6CC4C[C@](O)(C6)C5)n3)[C@H](C)C2)cn1. The number of aliphatic hydroxyl groups is 1. The minimum atomic E-state index is -0.490. The maximum Gasteiger partial charge on any atom is 0.270 e. The third kappa shape index (κ3) is 4.22. The molecule has 7 rings (SSSR count). The minimum absolute atomic E-state index is 0.0908. The van der Waals surface area contributed by atoms with E-state index in [1.807, 2.05) is 36.5 Å². The summed E-state index contributed by atoms with van der Waals surface area (Å²) in [4.78, 5) is 27.0. The molecular weight excluding hydrogens is 442 g/mol. The highest BCUT2D eigenvalue weighted by Gasteiger charge is 2.55. The van der Waals surface area contributed by atoms with Crippen LogP contribution in [0.1, 0.15) is 49.5 Å². The Balaban J connectivity index is 1.12. The summed E-state index contributed by atoms with van der Waals surface area (Å²) in [6.45, 7) is 4.71. The van der Waals surface area contributed by atoms with Crippen molar-refractivity contribution in [2.75, 3.05) is 36.5 Å². The van der Waals surface area contributed by atoms with E-state index in [1.54, 1.807) is 7.11 Å². The Labute approximate surface area is 206 Å². The highest BCUT2D eigenvalue weighted by Crippen LogP contribution is 2.55. The zero-order chi connectivity index (χ0) is 24.2. The van der Waals surface area contributed by atoms with E-state index in [9.17, 15) is 9.90 Å². The van der Waals surface area contributed by atoms with Crippen molar-refractivity contribution in [3.63, 3.8) is 0 Å². The number of nitrogens with one attached hydrogen (secondary N) is 1. The second kappa shape index (κ2) is 8.66. The van der Waals surface area contributed by atoms with Crippen LogP contribution in [0.25, 0.3) is 0 Å². The predicted molar refractivity (Wildman–Crippen MR) is 134 cm³/mol. The number of aromatic nitrogens is 2. The predicted octanol–water partition coefficient (Wildman–Crippen LogP) is 2.87. The number of pyridine rings is 2. The van der Waals surface area contributed by atoms with Gasteiger partial charge in [-0.3, -0.25) is 4.79 Å². The number of carbonyl (C=O) groups is 1. The van der Waals surface area contributed by atoms with Crippen molar-refractivity contribution in [2.45, 2.75) is 56.7 Å². The molecule has 3 atom stereocenters. The first-order valence-corrected chi connectivity index (χ1v) is 12.9. The standard InChI is InChI=1S/C27H35N5O3/c1-17-16-31(21-6-7-24(35-2)28-15-21)8-9-32(17)23-5-3-4-22(29-23)26(33)30-25-19-10-18-11-20(25)14-27(34,12-18)13-19/h3-7,15,17-20,25,34H,8-14,16H2,1-2H3,(H,30,33)/t17-,18?,19?,20?,25-,27-/m1/s1. The van der Waals surface area contributed by atoms with Crippen molar-refractivity contribution >= 4 is 17.4 Å². The Morgan fingerprint density at radius 3 is 2.60 bits per heavy atom. The fourth-order valence-corrected chi connectivity index (χ4v) is 7.36. The van der Waals surface area contributed by atoms with Crippen LogP contribution in [0.2, 0.25) is 0 Å². The number of hydrogen-bond donors (Lipinski definition) is 2. The van der Waals surface area contributed by atoms with Gasteiger partial charge < -0.3 is 25.0 Å². The molecule has 8 nitrogen and oxygen atoms in total. The second-order valence-corrected chi connectivity index (χ2v) is 11.1. The smallest absolute Gasteiger partial charge is 0.270 e. The van der Waals surface area contributed by atoms with Crippen molar-refractivity contribution in [1.29, 1.82) is 0 Å². The number of anilines is 2. The van der Waals surface area contributed by atoms with E-state index in [2.05, 4.69) is 27.0 Å². The molecule has 0 radical (unpaired) electrons. The molecule has 2 aromatic heterocycles. The number of ether oxygens (including phenoxy) is 1. The Bertz CT molecular complexity index is 1080. The van der Waals surface area contributed by atoms with Gasteiger partial charge in [0.25, 0.3) is 5.91 Å². The van der Waals surface area contributed by atoms with Gasteiger partial charge in [-0.1, -0.05) is 6.07 Å². The molecule has 5 aliphatic rings. The number of methoxy groups -OCH3 is 1. The Kier molecular flexibility index (Phi) is 5.59. The molecule has 1 saturated heterocycles. The Hall–Kier alpha value is -2.87. The largest absolute Gasteiger partial charge is 0.481 e. The van der Waals surface area contributed by atoms with Crippen molar-refractivity contribution in [3.8, 4) is 5.88 Å². The number of hydrogen-bond acceptors (Lipinski definition) is 7. The van der Waals surface area contributed by atoms with Gasteiger partial charge >= 0.3 is 0 Å². The lowest BCUT2D eigenvalue weighted by atomic mass is 9.52. The molecule has 35 heavy (non-hydrogen) atoms. The van der Waals surface area contributed by atoms with E-state index in [0.29, 0.717) is 29.3 Å². The van der Waals surface area contributed by atoms with E-state index in [4.69, 9.17) is 9.72 Å². The quantitative estimate of drug-likeness (QED) is 0.684. The zero-order valence-corrected chi connectivity index (χ0v) is 20.6. The molecule has 4 bridgehead atoms. The van der Waals surface area contributed by atoms with Crippen LogP contribution in [0.4, 0.5) is 11.5 Å². The number of carbonyl (C=O) groups excluding carboxylic acids is 1. The Morgan fingerprint density at radius 1 is 1.14 bits per heavy atom. The maximum atomic E-state index is 13.2. The third-order valence-electron chi connectivity index (χ3n) is 8.72. The first-order chi connectivity index (χ1) is 16.9. The van der Waals surface area contributed by atoms with Gasteiger partial charge in [0.2, 0.25) is 5.88 Å². The molecule has 1 amide bonds. The summed E-state index contributed by atoms with van der Waals surface area (Å²) in [6, 6.07) is 10.1. The van der Waals surface area contributed by atoms with E-state index < -0.39 is 5.60 Å². The molecule has 0 spiro atoms. The lowest BCUT2D eigenvalue weighted by Crippen LogP contribution is -2.61. The van der Waals surface area contributed by atoms with Crippen molar-refractivity contribution < 1.29 is 14.6 Å². The van der Waals surface area contributed by atoms with Crippen LogP contribution in [0.15, 0.2) is 36.5 Å². The van der Waals surface area contributed by atoms with Crippen molar-refractivity contribution in [2.24, 2.45) is 17.8 Å². The van der Waals surface area contributed by atoms with E-state index in [-0.39, 0.29) is 18.0 Å². The van der Waals surface area contributed by atoms with Gasteiger partial charge in [-0.15, -0.1) is 0 Å². The number of amides is 1. The number of nitrogens with zero attached hydrogens (tertiary/aromatic N) is 4. The van der Waals surface area contributed by atoms with E-state index >= 15 is 0 Å². The molecule has 3 heterocycles. The first kappa shape index (κ1) is 22.6. The summed E-state index contributed by atoms with van der Waals surface area (Å²) in [6.07, 6.45) is 6.71. The molecule has 186 valence electrons. The lowest BCUT2D eigenvalue weighted by molar-refractivity contribution is -0.136. The monoisotopic (exact) mass is 477 g/mol. The van der Waals surface area contributed by atoms with E-state index in [0.717, 1.165) is 63.2 Å². The van der Waals surface area contributed by atoms with Crippen LogP contribution < -0.4 is 19.9 Å². The van der Waals surface area contributed by atoms with Gasteiger partial charge in [-0.05, 0) is 75.0 Å². The average Bonchev–Trinajstić information content (AvgIpc) is 2.85. The average molecular weight is 478 g/mol. The molecular formula is C27H35N5O3. The van der Waals surface area contributed by atoms with Gasteiger partial charge in [-0.2, -0.15) is 0 Å². The molecule has 8 heteroatoms. The summed E-state index contributed by atoms with van der Waals surface area (Å²) in [7, 11) is 1.62. The molecule has 0 aromatic carbocycles. The van der Waals surface area contributed by atoms with Gasteiger partial charge in [0, 0.05) is 37.8 Å². The molecule has 1 aliphatic heterocycles. The molecule has 5 fully saturated rings. The van der Waals surface area contributed by atoms with Gasteiger partial charge in [0.05, 0.1) is 24.6 Å². The summed E-state index contributed by atoms with van der Waals surface area (Å²) in [5.74, 6) is 2.77. The summed E-state index contributed by atoms with van der Waals surface area (Å²) in [5, 5.41) is 14.2. The van der Waals surface area contributed by atoms with E-state index in [1.165, 1.54) is 0 Å². The fourth-order valence-electron chi connectivity index (χ4n) is 7.36. The van der Waals surface area contributed by atoms with Crippen LogP contribution in [-0.2, 0) is 0 Å². The molecule has 4 aliphatic carbocycles. The molecule has 2 unspecified atom stereocenters. The van der Waals surface area contributed by atoms with Crippen LogP contribution >= 0.6 is 0 Å². The first-order valence-electron chi connectivity index (χ1n) is 12.9. The molecule has 2 aromatic rings. The van der Waals surface area contributed by atoms with Gasteiger partial charge in [0.15, 0.2) is 0 Å². The normalized spacial score (nSPS) is 33.6. The lowest BCUT2D eigenvalue weighted by Gasteiger charge is -2.58. The second-order valence-electron chi connectivity index (χ2n) is 11.1. The van der Waals surface area contributed by atoms with Gasteiger partial charge in [0.1, 0.15) is 11.5 Å². The van der Waals surface area contributed by atoms with Crippen LogP contribution in [0.3, 0.4) is 0 Å². The highest BCUT2D eigenvalue weighted by molar-refractivity contribution is 5.93. The summed E-state index contributed by atoms with van der Waals surface area (Å²) >= 11 is 0. The minimum Gasteiger partial charge on any atom is -0.481 e. The highest BCUT2D eigenvalue weighted by atomic mass is 16.5. The third-order valence-corrected chi connectivity index (χ3v) is 8.72. The van der Waals surface area contributed by atoms with Crippen LogP contribution in [0, 0.1) is 17.8 Å². The Morgan fingerprint density at radius 2 is 1.94 bits per heavy atom. The van der Waals surface area contributed by atoms with Crippen molar-refractivity contribution in [3.05, 3.63) is 42.2 Å². The summed E-state index contributed by atoms with van der Waals surface area (Å²) < 4.78 is 5.17. The zero-order valence-electron chi connectivity index (χ0n) is 20.6.